The summed E-state index contributed by atoms with van der Waals surface area (Å²) in [5.41, 5.74) is 2.14. The molecule has 0 aliphatic heterocycles. The molecule has 0 aliphatic carbocycles. The summed E-state index contributed by atoms with van der Waals surface area (Å²) in [5.74, 6) is 0. The molecule has 2 unspecified atom stereocenters. The van der Waals surface area contributed by atoms with Crippen molar-refractivity contribution in [1.82, 2.24) is 0 Å². The van der Waals surface area contributed by atoms with Crippen LogP contribution >= 0.6 is 0 Å². The van der Waals surface area contributed by atoms with Crippen molar-refractivity contribution in [2.45, 2.75) is 38.9 Å². The highest BCUT2D eigenvalue weighted by molar-refractivity contribution is 5.23. The Morgan fingerprint density at radius 2 is 1.87 bits per heavy atom. The monoisotopic (exact) mass is 208 g/mol. The second kappa shape index (κ2) is 5.89. The predicted octanol–water partition coefficient (Wildman–Crippen LogP) is 2.84. The van der Waals surface area contributed by atoms with Gasteiger partial charge in [-0.15, -0.1) is 0 Å². The first-order valence-corrected chi connectivity index (χ1v) is 5.46. The lowest BCUT2D eigenvalue weighted by Crippen LogP contribution is -2.20. The molecule has 15 heavy (non-hydrogen) atoms. The van der Waals surface area contributed by atoms with Crippen molar-refractivity contribution in [1.29, 1.82) is 0 Å². The molecule has 0 heterocycles. The van der Waals surface area contributed by atoms with Gasteiger partial charge in [-0.1, -0.05) is 43.2 Å². The first kappa shape index (κ1) is 12.2. The highest BCUT2D eigenvalue weighted by Gasteiger charge is 2.19. The molecule has 2 nitrogen and oxygen atoms in total. The molecule has 0 saturated heterocycles. The number of aryl methyl sites for hydroxylation is 1. The van der Waals surface area contributed by atoms with Crippen LogP contribution in [0.15, 0.2) is 24.3 Å². The number of rotatable bonds is 5. The minimum absolute atomic E-state index is 0.0993. The molecule has 0 amide bonds. The molecule has 1 N–H and O–H groups in total. The van der Waals surface area contributed by atoms with E-state index in [1.54, 1.807) is 7.11 Å². The number of aliphatic hydroxyl groups is 1. The SMILES string of the molecule is CCCC(OC)C(O)c1ccc(C)cc1. The maximum atomic E-state index is 10.1. The third-order valence-electron chi connectivity index (χ3n) is 2.65. The van der Waals surface area contributed by atoms with Gasteiger partial charge in [-0.2, -0.15) is 0 Å². The van der Waals surface area contributed by atoms with E-state index in [1.807, 2.05) is 31.2 Å². The van der Waals surface area contributed by atoms with Crippen LogP contribution in [0.4, 0.5) is 0 Å². The first-order valence-electron chi connectivity index (χ1n) is 5.46. The van der Waals surface area contributed by atoms with Crippen LogP contribution in [0.5, 0.6) is 0 Å². The van der Waals surface area contributed by atoms with Gasteiger partial charge in [0, 0.05) is 7.11 Å². The standard InChI is InChI=1S/C13H20O2/c1-4-5-12(15-3)13(14)11-8-6-10(2)7-9-11/h6-9,12-14H,4-5H2,1-3H3. The van der Waals surface area contributed by atoms with E-state index in [0.29, 0.717) is 0 Å². The molecule has 0 saturated carbocycles. The molecule has 0 radical (unpaired) electrons. The highest BCUT2D eigenvalue weighted by atomic mass is 16.5. The van der Waals surface area contributed by atoms with Gasteiger partial charge < -0.3 is 9.84 Å². The lowest BCUT2D eigenvalue weighted by molar-refractivity contribution is -0.0179. The van der Waals surface area contributed by atoms with Gasteiger partial charge in [0.05, 0.1) is 6.10 Å². The van der Waals surface area contributed by atoms with Crippen molar-refractivity contribution in [2.24, 2.45) is 0 Å². The van der Waals surface area contributed by atoms with Crippen molar-refractivity contribution in [2.75, 3.05) is 7.11 Å². The van der Waals surface area contributed by atoms with Crippen molar-refractivity contribution < 1.29 is 9.84 Å². The third-order valence-corrected chi connectivity index (χ3v) is 2.65. The Hall–Kier alpha value is -0.860. The second-order valence-corrected chi connectivity index (χ2v) is 3.92. The van der Waals surface area contributed by atoms with Crippen LogP contribution in [0.2, 0.25) is 0 Å². The van der Waals surface area contributed by atoms with Gasteiger partial charge in [-0.3, -0.25) is 0 Å². The van der Waals surface area contributed by atoms with Gasteiger partial charge in [0.1, 0.15) is 6.10 Å². The Kier molecular flexibility index (Phi) is 4.79. The number of ether oxygens (including phenoxy) is 1. The molecule has 0 spiro atoms. The molecule has 84 valence electrons. The predicted molar refractivity (Wildman–Crippen MR) is 61.8 cm³/mol. The van der Waals surface area contributed by atoms with Crippen LogP contribution in [0.3, 0.4) is 0 Å². The number of aliphatic hydroxyl groups excluding tert-OH is 1. The molecule has 2 heteroatoms. The van der Waals surface area contributed by atoms with Crippen molar-refractivity contribution >= 4 is 0 Å². The smallest absolute Gasteiger partial charge is 0.105 e. The quantitative estimate of drug-likeness (QED) is 0.806. The lowest BCUT2D eigenvalue weighted by Gasteiger charge is -2.21. The van der Waals surface area contributed by atoms with Crippen LogP contribution in [-0.2, 0) is 4.74 Å². The molecule has 0 aliphatic rings. The van der Waals surface area contributed by atoms with E-state index >= 15 is 0 Å². The maximum Gasteiger partial charge on any atom is 0.105 e. The Balaban J connectivity index is 2.73. The molecule has 0 bridgehead atoms. The summed E-state index contributed by atoms with van der Waals surface area (Å²) in [4.78, 5) is 0. The molecule has 1 rings (SSSR count). The van der Waals surface area contributed by atoms with E-state index in [2.05, 4.69) is 6.92 Å². The van der Waals surface area contributed by atoms with Crippen LogP contribution < -0.4 is 0 Å². The maximum absolute atomic E-state index is 10.1. The van der Waals surface area contributed by atoms with Crippen molar-refractivity contribution in [3.05, 3.63) is 35.4 Å². The zero-order valence-corrected chi connectivity index (χ0v) is 9.73. The summed E-state index contributed by atoms with van der Waals surface area (Å²) in [6.07, 6.45) is 1.28. The molecular formula is C13H20O2. The van der Waals surface area contributed by atoms with E-state index in [0.717, 1.165) is 18.4 Å². The number of methoxy groups -OCH3 is 1. The van der Waals surface area contributed by atoms with Crippen LogP contribution in [0.25, 0.3) is 0 Å². The number of hydrogen-bond donors (Lipinski definition) is 1. The summed E-state index contributed by atoms with van der Waals surface area (Å²) < 4.78 is 5.29. The van der Waals surface area contributed by atoms with E-state index in [4.69, 9.17) is 4.74 Å². The lowest BCUT2D eigenvalue weighted by atomic mass is 10.00. The molecule has 1 aromatic rings. The second-order valence-electron chi connectivity index (χ2n) is 3.92. The van der Waals surface area contributed by atoms with E-state index < -0.39 is 6.10 Å². The van der Waals surface area contributed by atoms with Gasteiger partial charge in [0.2, 0.25) is 0 Å². The number of benzene rings is 1. The Labute approximate surface area is 91.9 Å². The Morgan fingerprint density at radius 3 is 2.33 bits per heavy atom. The highest BCUT2D eigenvalue weighted by Crippen LogP contribution is 2.22. The van der Waals surface area contributed by atoms with Gasteiger partial charge in [0.25, 0.3) is 0 Å². The molecule has 0 fully saturated rings. The van der Waals surface area contributed by atoms with Crippen LogP contribution in [-0.4, -0.2) is 18.3 Å². The zero-order valence-electron chi connectivity index (χ0n) is 9.73. The zero-order chi connectivity index (χ0) is 11.3. The molecule has 0 aromatic heterocycles. The topological polar surface area (TPSA) is 29.5 Å². The average Bonchev–Trinajstić information content (AvgIpc) is 2.26. The Morgan fingerprint density at radius 1 is 1.27 bits per heavy atom. The largest absolute Gasteiger partial charge is 0.386 e. The normalized spacial score (nSPS) is 14.9. The summed E-state index contributed by atoms with van der Waals surface area (Å²) >= 11 is 0. The average molecular weight is 208 g/mol. The van der Waals surface area contributed by atoms with Gasteiger partial charge in [-0.05, 0) is 18.9 Å². The van der Waals surface area contributed by atoms with Crippen LogP contribution in [0.1, 0.15) is 37.0 Å². The van der Waals surface area contributed by atoms with E-state index in [-0.39, 0.29) is 6.10 Å². The molecule has 2 atom stereocenters. The van der Waals surface area contributed by atoms with Gasteiger partial charge >= 0.3 is 0 Å². The fraction of sp³-hybridized carbons (Fsp3) is 0.538. The van der Waals surface area contributed by atoms with Crippen molar-refractivity contribution in [3.8, 4) is 0 Å². The minimum atomic E-state index is -0.518. The van der Waals surface area contributed by atoms with Crippen molar-refractivity contribution in [3.63, 3.8) is 0 Å². The van der Waals surface area contributed by atoms with Gasteiger partial charge in [-0.25, -0.2) is 0 Å². The molecular weight excluding hydrogens is 188 g/mol. The summed E-state index contributed by atoms with van der Waals surface area (Å²) in [7, 11) is 1.65. The summed E-state index contributed by atoms with van der Waals surface area (Å²) in [6, 6.07) is 7.94. The third kappa shape index (κ3) is 3.33. The fourth-order valence-electron chi connectivity index (χ4n) is 1.67. The Bertz CT molecular complexity index is 279. The number of hydrogen-bond acceptors (Lipinski definition) is 2. The minimum Gasteiger partial charge on any atom is -0.386 e. The van der Waals surface area contributed by atoms with Gasteiger partial charge in [0.15, 0.2) is 0 Å². The van der Waals surface area contributed by atoms with Crippen LogP contribution in [0, 0.1) is 6.92 Å². The summed E-state index contributed by atoms with van der Waals surface area (Å²) in [6.45, 7) is 4.13. The van der Waals surface area contributed by atoms with E-state index in [9.17, 15) is 5.11 Å². The molecule has 1 aromatic carbocycles. The fourth-order valence-corrected chi connectivity index (χ4v) is 1.67. The van der Waals surface area contributed by atoms with E-state index in [1.165, 1.54) is 5.56 Å². The summed E-state index contributed by atoms with van der Waals surface area (Å²) in [5, 5.41) is 10.1. The first-order chi connectivity index (χ1) is 7.19.